The lowest BCUT2D eigenvalue weighted by Gasteiger charge is -2.18. The maximum atomic E-state index is 12.3. The minimum absolute atomic E-state index is 0.00571. The number of hydrogen-bond donors (Lipinski definition) is 2. The number of nitrogens with zero attached hydrogens (tertiary/aromatic N) is 2. The van der Waals surface area contributed by atoms with E-state index in [4.69, 9.17) is 5.73 Å². The highest BCUT2D eigenvalue weighted by atomic mass is 32.1. The summed E-state index contributed by atoms with van der Waals surface area (Å²) in [6.45, 7) is 4.50. The molecule has 0 fully saturated rings. The highest BCUT2D eigenvalue weighted by Crippen LogP contribution is 2.26. The van der Waals surface area contributed by atoms with Crippen LogP contribution in [0.4, 0.5) is 5.69 Å². The zero-order chi connectivity index (χ0) is 17.7. The number of carbonyl (C=O) groups excluding carboxylic acids is 1. The van der Waals surface area contributed by atoms with Crippen LogP contribution in [0.3, 0.4) is 0 Å². The van der Waals surface area contributed by atoms with Crippen LogP contribution in [-0.2, 0) is 0 Å². The molecule has 8 heteroatoms. The molecule has 7 nitrogen and oxygen atoms in total. The summed E-state index contributed by atoms with van der Waals surface area (Å²) in [5, 5.41) is 15.9. The maximum absolute atomic E-state index is 12.3. The molecule has 2 aromatic rings. The molecule has 128 valence electrons. The van der Waals surface area contributed by atoms with E-state index in [1.807, 2.05) is 0 Å². The lowest BCUT2D eigenvalue weighted by molar-refractivity contribution is -0.384. The van der Waals surface area contributed by atoms with Crippen LogP contribution in [0.15, 0.2) is 29.6 Å². The number of nitrogens with one attached hydrogen (secondary N) is 1. The Hall–Kier alpha value is -2.32. The highest BCUT2D eigenvalue weighted by molar-refractivity contribution is 7.13. The number of aromatic nitrogens is 1. The first-order valence-electron chi connectivity index (χ1n) is 7.62. The Labute approximate surface area is 144 Å². The van der Waals surface area contributed by atoms with Crippen molar-refractivity contribution in [3.05, 3.63) is 45.5 Å². The number of benzene rings is 1. The third-order valence-corrected chi connectivity index (χ3v) is 4.31. The molecule has 0 radical (unpaired) electrons. The summed E-state index contributed by atoms with van der Waals surface area (Å²) in [5.74, 6) is 0.147. The number of hydrogen-bond acceptors (Lipinski definition) is 6. The van der Waals surface area contributed by atoms with Crippen molar-refractivity contribution in [1.82, 2.24) is 10.3 Å². The fourth-order valence-corrected chi connectivity index (χ4v) is 3.10. The molecule has 0 aliphatic carbocycles. The van der Waals surface area contributed by atoms with E-state index in [2.05, 4.69) is 24.1 Å². The third-order valence-electron chi connectivity index (χ3n) is 3.42. The van der Waals surface area contributed by atoms with Crippen molar-refractivity contribution in [2.24, 2.45) is 11.7 Å². The number of thiazole rings is 1. The molecule has 1 aromatic carbocycles. The minimum Gasteiger partial charge on any atom is -0.347 e. The average Bonchev–Trinajstić information content (AvgIpc) is 3.04. The Morgan fingerprint density at radius 1 is 1.46 bits per heavy atom. The fraction of sp³-hybridized carbons (Fsp3) is 0.375. The highest BCUT2D eigenvalue weighted by Gasteiger charge is 2.17. The van der Waals surface area contributed by atoms with Gasteiger partial charge in [0.2, 0.25) is 0 Å². The molecule has 0 saturated carbocycles. The number of nitrogens with two attached hydrogens (primary N) is 1. The second kappa shape index (κ2) is 7.98. The van der Waals surface area contributed by atoms with E-state index in [0.717, 1.165) is 6.42 Å². The van der Waals surface area contributed by atoms with Crippen LogP contribution >= 0.6 is 11.3 Å². The third kappa shape index (κ3) is 4.59. The largest absolute Gasteiger partial charge is 0.347 e. The summed E-state index contributed by atoms with van der Waals surface area (Å²) >= 11 is 1.27. The van der Waals surface area contributed by atoms with Crippen LogP contribution in [-0.4, -0.2) is 28.4 Å². The van der Waals surface area contributed by atoms with Gasteiger partial charge in [0.05, 0.1) is 4.92 Å². The van der Waals surface area contributed by atoms with Crippen molar-refractivity contribution in [3.8, 4) is 10.6 Å². The van der Waals surface area contributed by atoms with Gasteiger partial charge in [0.15, 0.2) is 0 Å². The SMILES string of the molecule is CC(C)CC(CN)NC(=O)c1csc(-c2cccc([N+](=O)[O-])c2)n1. The summed E-state index contributed by atoms with van der Waals surface area (Å²) in [5.41, 5.74) is 6.60. The van der Waals surface area contributed by atoms with Gasteiger partial charge in [-0.1, -0.05) is 26.0 Å². The Kier molecular flexibility index (Phi) is 5.99. The molecule has 0 saturated heterocycles. The van der Waals surface area contributed by atoms with E-state index in [1.54, 1.807) is 17.5 Å². The van der Waals surface area contributed by atoms with Crippen molar-refractivity contribution in [2.45, 2.75) is 26.3 Å². The van der Waals surface area contributed by atoms with E-state index in [0.29, 0.717) is 28.7 Å². The lowest BCUT2D eigenvalue weighted by atomic mass is 10.0. The topological polar surface area (TPSA) is 111 Å². The molecule has 1 heterocycles. The van der Waals surface area contributed by atoms with E-state index in [9.17, 15) is 14.9 Å². The molecule has 24 heavy (non-hydrogen) atoms. The quantitative estimate of drug-likeness (QED) is 0.590. The van der Waals surface area contributed by atoms with Crippen molar-refractivity contribution in [2.75, 3.05) is 6.54 Å². The zero-order valence-electron chi connectivity index (χ0n) is 13.6. The lowest BCUT2D eigenvalue weighted by Crippen LogP contribution is -2.41. The first-order valence-corrected chi connectivity index (χ1v) is 8.50. The van der Waals surface area contributed by atoms with Crippen LogP contribution < -0.4 is 11.1 Å². The van der Waals surface area contributed by atoms with Crippen LogP contribution in [0.1, 0.15) is 30.8 Å². The molecule has 1 unspecified atom stereocenters. The predicted molar refractivity (Wildman–Crippen MR) is 94.0 cm³/mol. The maximum Gasteiger partial charge on any atom is 0.271 e. The smallest absolute Gasteiger partial charge is 0.271 e. The average molecular weight is 348 g/mol. The molecule has 0 spiro atoms. The zero-order valence-corrected chi connectivity index (χ0v) is 14.4. The molecule has 1 aromatic heterocycles. The summed E-state index contributed by atoms with van der Waals surface area (Å²) in [6, 6.07) is 6.10. The van der Waals surface area contributed by atoms with Gasteiger partial charge in [-0.3, -0.25) is 14.9 Å². The summed E-state index contributed by atoms with van der Waals surface area (Å²) < 4.78 is 0. The first kappa shape index (κ1) is 18.0. The van der Waals surface area contributed by atoms with Gasteiger partial charge >= 0.3 is 0 Å². The minimum atomic E-state index is -0.456. The normalized spacial score (nSPS) is 12.2. The fourth-order valence-electron chi connectivity index (χ4n) is 2.31. The van der Waals surface area contributed by atoms with Crippen molar-refractivity contribution in [3.63, 3.8) is 0 Å². The molecule has 0 bridgehead atoms. The van der Waals surface area contributed by atoms with Gasteiger partial charge in [0, 0.05) is 35.7 Å². The number of rotatable bonds is 7. The van der Waals surface area contributed by atoms with Gasteiger partial charge in [-0.15, -0.1) is 11.3 Å². The number of amides is 1. The summed E-state index contributed by atoms with van der Waals surface area (Å²) in [6.07, 6.45) is 0.796. The standard InChI is InChI=1S/C16H20N4O3S/c1-10(2)6-12(8-17)18-15(21)14-9-24-16(19-14)11-4-3-5-13(7-11)20(22)23/h3-5,7,9-10,12H,6,8,17H2,1-2H3,(H,18,21). The molecule has 1 atom stereocenters. The second-order valence-corrected chi connectivity index (χ2v) is 6.74. The van der Waals surface area contributed by atoms with Gasteiger partial charge in [0.1, 0.15) is 10.7 Å². The van der Waals surface area contributed by atoms with Crippen LogP contribution in [0.25, 0.3) is 10.6 Å². The molecule has 1 amide bonds. The van der Waals surface area contributed by atoms with E-state index >= 15 is 0 Å². The van der Waals surface area contributed by atoms with Crippen molar-refractivity contribution < 1.29 is 9.72 Å². The van der Waals surface area contributed by atoms with Gasteiger partial charge in [-0.2, -0.15) is 0 Å². The Morgan fingerprint density at radius 3 is 2.83 bits per heavy atom. The molecular weight excluding hydrogens is 328 g/mol. The number of nitro groups is 1. The van der Waals surface area contributed by atoms with Crippen molar-refractivity contribution >= 4 is 22.9 Å². The first-order chi connectivity index (χ1) is 11.4. The Morgan fingerprint density at radius 2 is 2.21 bits per heavy atom. The molecular formula is C16H20N4O3S. The van der Waals surface area contributed by atoms with E-state index < -0.39 is 4.92 Å². The van der Waals surface area contributed by atoms with Crippen molar-refractivity contribution in [1.29, 1.82) is 0 Å². The molecule has 0 aliphatic rings. The van der Waals surface area contributed by atoms with Gasteiger partial charge < -0.3 is 11.1 Å². The Balaban J connectivity index is 2.13. The number of non-ortho nitro benzene ring substituents is 1. The second-order valence-electron chi connectivity index (χ2n) is 5.88. The molecule has 3 N–H and O–H groups in total. The summed E-state index contributed by atoms with van der Waals surface area (Å²) in [7, 11) is 0. The summed E-state index contributed by atoms with van der Waals surface area (Å²) in [4.78, 5) is 27.0. The van der Waals surface area contributed by atoms with E-state index in [-0.39, 0.29) is 17.6 Å². The van der Waals surface area contributed by atoms with Crippen LogP contribution in [0.5, 0.6) is 0 Å². The number of nitro benzene ring substituents is 1. The molecule has 0 aliphatic heterocycles. The monoisotopic (exact) mass is 348 g/mol. The van der Waals surface area contributed by atoms with Gasteiger partial charge in [-0.05, 0) is 12.3 Å². The van der Waals surface area contributed by atoms with Crippen LogP contribution in [0, 0.1) is 16.0 Å². The van der Waals surface area contributed by atoms with Gasteiger partial charge in [0.25, 0.3) is 11.6 Å². The molecule has 2 rings (SSSR count). The van der Waals surface area contributed by atoms with Crippen LogP contribution in [0.2, 0.25) is 0 Å². The van der Waals surface area contributed by atoms with E-state index in [1.165, 1.54) is 23.5 Å². The predicted octanol–water partition coefficient (Wildman–Crippen LogP) is 2.82. The van der Waals surface area contributed by atoms with Gasteiger partial charge in [-0.25, -0.2) is 4.98 Å². The number of carbonyl (C=O) groups is 1. The Bertz CT molecular complexity index is 730.